The summed E-state index contributed by atoms with van der Waals surface area (Å²) in [5, 5.41) is 0. The maximum absolute atomic E-state index is 5.66. The predicted molar refractivity (Wildman–Crippen MR) is 74.6 cm³/mol. The number of aryl methyl sites for hydroxylation is 1. The molecule has 0 saturated carbocycles. The van der Waals surface area contributed by atoms with Crippen LogP contribution < -0.4 is 9.64 Å². The van der Waals surface area contributed by atoms with Crippen LogP contribution in [0.3, 0.4) is 0 Å². The second-order valence-corrected chi connectivity index (χ2v) is 4.95. The van der Waals surface area contributed by atoms with Crippen molar-refractivity contribution < 1.29 is 4.74 Å². The Morgan fingerprint density at radius 3 is 3.05 bits per heavy atom. The molecule has 0 amide bonds. The molecule has 6 nitrogen and oxygen atoms in total. The van der Waals surface area contributed by atoms with Crippen molar-refractivity contribution in [2.75, 3.05) is 24.6 Å². The van der Waals surface area contributed by atoms with E-state index in [1.807, 2.05) is 13.0 Å². The molecule has 1 saturated heterocycles. The second kappa shape index (κ2) is 5.81. The van der Waals surface area contributed by atoms with Gasteiger partial charge in [0, 0.05) is 43.3 Å². The van der Waals surface area contributed by atoms with Crippen LogP contribution in [0.4, 0.5) is 5.95 Å². The molecule has 0 N–H and O–H groups in total. The molecule has 1 aliphatic rings. The largest absolute Gasteiger partial charge is 0.476 e. The number of rotatable bonds is 4. The van der Waals surface area contributed by atoms with E-state index in [0.717, 1.165) is 31.2 Å². The number of aromatic nitrogens is 4. The topological polar surface area (TPSA) is 64.0 Å². The van der Waals surface area contributed by atoms with E-state index in [-0.39, 0.29) is 0 Å². The summed E-state index contributed by atoms with van der Waals surface area (Å²) >= 11 is 0. The highest BCUT2D eigenvalue weighted by atomic mass is 16.5. The molecule has 2 aromatic heterocycles. The van der Waals surface area contributed by atoms with Crippen molar-refractivity contribution in [3.8, 4) is 5.88 Å². The van der Waals surface area contributed by atoms with Crippen molar-refractivity contribution in [3.63, 3.8) is 0 Å². The summed E-state index contributed by atoms with van der Waals surface area (Å²) in [5.74, 6) is 1.87. The van der Waals surface area contributed by atoms with Gasteiger partial charge in [-0.05, 0) is 19.4 Å². The molecule has 0 bridgehead atoms. The minimum atomic E-state index is 0.473. The average molecular weight is 271 g/mol. The molecule has 0 aromatic carbocycles. The van der Waals surface area contributed by atoms with Gasteiger partial charge in [0.25, 0.3) is 0 Å². The van der Waals surface area contributed by atoms with Crippen LogP contribution in [-0.2, 0) is 0 Å². The zero-order valence-electron chi connectivity index (χ0n) is 11.4. The molecule has 6 heteroatoms. The van der Waals surface area contributed by atoms with Crippen molar-refractivity contribution in [1.82, 2.24) is 19.9 Å². The second-order valence-electron chi connectivity index (χ2n) is 4.95. The molecule has 3 rings (SSSR count). The van der Waals surface area contributed by atoms with Crippen LogP contribution in [0, 0.1) is 12.8 Å². The van der Waals surface area contributed by atoms with E-state index in [4.69, 9.17) is 4.74 Å². The number of hydrogen-bond donors (Lipinski definition) is 0. The van der Waals surface area contributed by atoms with Gasteiger partial charge in [-0.1, -0.05) is 0 Å². The average Bonchev–Trinajstić information content (AvgIpc) is 2.95. The lowest BCUT2D eigenvalue weighted by Crippen LogP contribution is -2.24. The summed E-state index contributed by atoms with van der Waals surface area (Å²) in [6, 6.07) is 1.91. The van der Waals surface area contributed by atoms with Gasteiger partial charge < -0.3 is 9.64 Å². The Morgan fingerprint density at radius 1 is 1.30 bits per heavy atom. The van der Waals surface area contributed by atoms with E-state index in [1.165, 1.54) is 0 Å². The van der Waals surface area contributed by atoms with Crippen LogP contribution >= 0.6 is 0 Å². The van der Waals surface area contributed by atoms with Crippen molar-refractivity contribution in [3.05, 3.63) is 36.5 Å². The van der Waals surface area contributed by atoms with Crippen LogP contribution in [0.1, 0.15) is 12.1 Å². The Morgan fingerprint density at radius 2 is 2.25 bits per heavy atom. The molecule has 0 radical (unpaired) electrons. The molecule has 1 unspecified atom stereocenters. The summed E-state index contributed by atoms with van der Waals surface area (Å²) in [6.45, 7) is 4.53. The third-order valence-electron chi connectivity index (χ3n) is 3.36. The summed E-state index contributed by atoms with van der Waals surface area (Å²) in [4.78, 5) is 19.1. The third-order valence-corrected chi connectivity index (χ3v) is 3.36. The fraction of sp³-hybridized carbons (Fsp3) is 0.429. The van der Waals surface area contributed by atoms with Gasteiger partial charge in [0.15, 0.2) is 0 Å². The first kappa shape index (κ1) is 12.8. The molecule has 1 fully saturated rings. The number of anilines is 1. The molecule has 1 atom stereocenters. The van der Waals surface area contributed by atoms with Crippen molar-refractivity contribution in [2.24, 2.45) is 5.92 Å². The first-order chi connectivity index (χ1) is 9.81. The highest BCUT2D eigenvalue weighted by Crippen LogP contribution is 2.21. The molecular formula is C14H17N5O. The molecule has 20 heavy (non-hydrogen) atoms. The Kier molecular flexibility index (Phi) is 3.71. The van der Waals surface area contributed by atoms with E-state index in [9.17, 15) is 0 Å². The van der Waals surface area contributed by atoms with Crippen LogP contribution in [0.2, 0.25) is 0 Å². The summed E-state index contributed by atoms with van der Waals surface area (Å²) in [7, 11) is 0. The van der Waals surface area contributed by atoms with Crippen LogP contribution in [0.25, 0.3) is 0 Å². The van der Waals surface area contributed by atoms with Crippen LogP contribution in [-0.4, -0.2) is 39.6 Å². The zero-order valence-corrected chi connectivity index (χ0v) is 11.4. The van der Waals surface area contributed by atoms with Crippen LogP contribution in [0.15, 0.2) is 30.9 Å². The first-order valence-electron chi connectivity index (χ1n) is 6.74. The maximum atomic E-state index is 5.66. The quantitative estimate of drug-likeness (QED) is 0.839. The number of hydrogen-bond acceptors (Lipinski definition) is 6. The number of ether oxygens (including phenoxy) is 1. The molecular weight excluding hydrogens is 254 g/mol. The van der Waals surface area contributed by atoms with E-state index in [2.05, 4.69) is 24.8 Å². The molecule has 0 aliphatic carbocycles. The highest BCUT2D eigenvalue weighted by Gasteiger charge is 2.25. The Bertz CT molecular complexity index is 563. The van der Waals surface area contributed by atoms with Gasteiger partial charge >= 0.3 is 0 Å². The lowest BCUT2D eigenvalue weighted by atomic mass is 10.1. The Balaban J connectivity index is 1.55. The van der Waals surface area contributed by atoms with E-state index < -0.39 is 0 Å². The molecule has 0 spiro atoms. The maximum Gasteiger partial charge on any atom is 0.232 e. The molecule has 3 heterocycles. The molecule has 1 aliphatic heterocycles. The normalized spacial score (nSPS) is 18.2. The van der Waals surface area contributed by atoms with Gasteiger partial charge in [-0.25, -0.2) is 15.0 Å². The minimum absolute atomic E-state index is 0.473. The van der Waals surface area contributed by atoms with Gasteiger partial charge in [-0.3, -0.25) is 4.98 Å². The SMILES string of the molecule is Cc1ccnc(N2CCC(COc3cnccn3)C2)n1. The van der Waals surface area contributed by atoms with Crippen LogP contribution in [0.5, 0.6) is 5.88 Å². The van der Waals surface area contributed by atoms with E-state index >= 15 is 0 Å². The lowest BCUT2D eigenvalue weighted by Gasteiger charge is -2.16. The highest BCUT2D eigenvalue weighted by molar-refractivity contribution is 5.31. The molecule has 2 aromatic rings. The van der Waals surface area contributed by atoms with E-state index in [1.54, 1.807) is 24.8 Å². The fourth-order valence-corrected chi connectivity index (χ4v) is 2.30. The van der Waals surface area contributed by atoms with Gasteiger partial charge in [-0.2, -0.15) is 0 Å². The van der Waals surface area contributed by atoms with Crippen molar-refractivity contribution in [2.45, 2.75) is 13.3 Å². The Labute approximate surface area is 117 Å². The summed E-state index contributed by atoms with van der Waals surface area (Å²) < 4.78 is 5.66. The summed E-state index contributed by atoms with van der Waals surface area (Å²) in [5.41, 5.74) is 0.995. The Hall–Kier alpha value is -2.24. The first-order valence-corrected chi connectivity index (χ1v) is 6.74. The van der Waals surface area contributed by atoms with Gasteiger partial charge in [-0.15, -0.1) is 0 Å². The number of nitrogens with zero attached hydrogens (tertiary/aromatic N) is 5. The zero-order chi connectivity index (χ0) is 13.8. The molecule has 104 valence electrons. The van der Waals surface area contributed by atoms with E-state index in [0.29, 0.717) is 18.4 Å². The van der Waals surface area contributed by atoms with Gasteiger partial charge in [0.1, 0.15) is 0 Å². The lowest BCUT2D eigenvalue weighted by molar-refractivity contribution is 0.251. The van der Waals surface area contributed by atoms with Gasteiger partial charge in [0.2, 0.25) is 11.8 Å². The third kappa shape index (κ3) is 3.01. The smallest absolute Gasteiger partial charge is 0.232 e. The monoisotopic (exact) mass is 271 g/mol. The van der Waals surface area contributed by atoms with Gasteiger partial charge in [0.05, 0.1) is 12.8 Å². The summed E-state index contributed by atoms with van der Waals surface area (Å²) in [6.07, 6.45) is 7.80. The standard InChI is InChI=1S/C14H17N5O/c1-11-2-4-17-14(18-11)19-7-3-12(9-19)10-20-13-8-15-5-6-16-13/h2,4-6,8,12H,3,7,9-10H2,1H3. The van der Waals surface area contributed by atoms with Crippen molar-refractivity contribution in [1.29, 1.82) is 0 Å². The minimum Gasteiger partial charge on any atom is -0.476 e. The van der Waals surface area contributed by atoms with Crippen molar-refractivity contribution >= 4 is 5.95 Å². The fourth-order valence-electron chi connectivity index (χ4n) is 2.30. The predicted octanol–water partition coefficient (Wildman–Crippen LogP) is 1.48.